The highest BCUT2D eigenvalue weighted by Gasteiger charge is 2.27. The van der Waals surface area contributed by atoms with Gasteiger partial charge in [-0.15, -0.1) is 0 Å². The minimum absolute atomic E-state index is 0.256. The Morgan fingerprint density at radius 1 is 1.09 bits per heavy atom. The Bertz CT molecular complexity index is 1070. The van der Waals surface area contributed by atoms with E-state index in [4.69, 9.17) is 0 Å². The molecule has 33 heavy (non-hydrogen) atoms. The van der Waals surface area contributed by atoms with Gasteiger partial charge in [-0.25, -0.2) is 8.42 Å². The fourth-order valence-electron chi connectivity index (χ4n) is 4.41. The third-order valence-electron chi connectivity index (χ3n) is 6.25. The molecule has 2 aromatic rings. The average molecular weight is 483 g/mol. The lowest BCUT2D eigenvalue weighted by Crippen LogP contribution is -2.24. The molecule has 0 amide bonds. The fraction of sp³-hybridized carbons (Fsp3) is 0.357. The molecular formula is C28H34O3S2. The molecule has 0 aliphatic heterocycles. The Balaban J connectivity index is 1.59. The van der Waals surface area contributed by atoms with Crippen molar-refractivity contribution < 1.29 is 13.5 Å². The molecule has 0 spiro atoms. The molecule has 176 valence electrons. The molecule has 0 heterocycles. The maximum Gasteiger partial charge on any atom is 0.199 e. The van der Waals surface area contributed by atoms with Gasteiger partial charge < -0.3 is 5.11 Å². The number of rotatable bonds is 9. The van der Waals surface area contributed by atoms with Crippen molar-refractivity contribution in [2.45, 2.75) is 61.8 Å². The minimum atomic E-state index is -3.54. The highest BCUT2D eigenvalue weighted by Crippen LogP contribution is 2.38. The first-order chi connectivity index (χ1) is 15.8. The van der Waals surface area contributed by atoms with Crippen molar-refractivity contribution in [3.05, 3.63) is 94.8 Å². The summed E-state index contributed by atoms with van der Waals surface area (Å²) >= 11 is 1.70. The predicted molar refractivity (Wildman–Crippen MR) is 139 cm³/mol. The van der Waals surface area contributed by atoms with E-state index in [1.807, 2.05) is 25.1 Å². The second-order valence-corrected chi connectivity index (χ2v) is 11.6. The summed E-state index contributed by atoms with van der Waals surface area (Å²) < 4.78 is 25.1. The van der Waals surface area contributed by atoms with Crippen molar-refractivity contribution in [2.24, 2.45) is 11.8 Å². The lowest BCUT2D eigenvalue weighted by Gasteiger charge is -2.33. The van der Waals surface area contributed by atoms with E-state index in [1.165, 1.54) is 23.0 Å². The number of hydrogen-bond acceptors (Lipinski definition) is 4. The number of aliphatic hydroxyl groups excluding tert-OH is 1. The Morgan fingerprint density at radius 3 is 2.52 bits per heavy atom. The van der Waals surface area contributed by atoms with Crippen molar-refractivity contribution in [1.29, 1.82) is 0 Å². The summed E-state index contributed by atoms with van der Waals surface area (Å²) in [4.78, 5) is 1.47. The maximum atomic E-state index is 12.5. The number of aliphatic hydroxyl groups is 1. The number of thioether (sulfide) groups is 1. The Kier molecular flexibility index (Phi) is 9.60. The molecule has 2 aromatic carbocycles. The van der Waals surface area contributed by atoms with Gasteiger partial charge in [0.25, 0.3) is 0 Å². The van der Waals surface area contributed by atoms with E-state index in [2.05, 4.69) is 36.6 Å². The molecule has 1 aliphatic rings. The van der Waals surface area contributed by atoms with Gasteiger partial charge in [-0.05, 0) is 80.7 Å². The largest absolute Gasteiger partial charge is 0.389 e. The zero-order valence-electron chi connectivity index (χ0n) is 19.4. The Morgan fingerprint density at radius 2 is 1.79 bits per heavy atom. The van der Waals surface area contributed by atoms with Crippen LogP contribution in [0.1, 0.15) is 44.6 Å². The highest BCUT2D eigenvalue weighted by atomic mass is 32.2. The summed E-state index contributed by atoms with van der Waals surface area (Å²) in [6.45, 7) is 4.09. The van der Waals surface area contributed by atoms with E-state index in [0.29, 0.717) is 18.3 Å². The third kappa shape index (κ3) is 8.02. The molecule has 3 rings (SSSR count). The first-order valence-electron chi connectivity index (χ1n) is 11.6. The van der Waals surface area contributed by atoms with Crippen LogP contribution in [-0.2, 0) is 9.84 Å². The number of allylic oxidation sites excluding steroid dienone is 3. The molecule has 1 saturated carbocycles. The lowest BCUT2D eigenvalue weighted by atomic mass is 9.73. The van der Waals surface area contributed by atoms with E-state index >= 15 is 0 Å². The van der Waals surface area contributed by atoms with Crippen LogP contribution >= 0.6 is 11.8 Å². The molecule has 0 bridgehead atoms. The zero-order valence-corrected chi connectivity index (χ0v) is 21.1. The second kappa shape index (κ2) is 12.4. The Labute approximate surface area is 203 Å². The van der Waals surface area contributed by atoms with Crippen LogP contribution in [0.25, 0.3) is 0 Å². The number of aryl methyl sites for hydroxylation is 1. The van der Waals surface area contributed by atoms with Crippen molar-refractivity contribution in [3.8, 4) is 0 Å². The van der Waals surface area contributed by atoms with Crippen LogP contribution in [-0.4, -0.2) is 19.6 Å². The fourth-order valence-corrected chi connectivity index (χ4v) is 6.10. The van der Waals surface area contributed by atoms with Crippen LogP contribution in [0.4, 0.5) is 0 Å². The molecule has 1 aliphatic carbocycles. The summed E-state index contributed by atoms with van der Waals surface area (Å²) in [6.07, 6.45) is 10.1. The van der Waals surface area contributed by atoms with Gasteiger partial charge in [-0.1, -0.05) is 78.2 Å². The number of hydrogen-bond donors (Lipinski definition) is 1. The zero-order chi connectivity index (χ0) is 23.7. The van der Waals surface area contributed by atoms with Gasteiger partial charge in [0.05, 0.1) is 11.0 Å². The van der Waals surface area contributed by atoms with Gasteiger partial charge in [0.1, 0.15) is 0 Å². The van der Waals surface area contributed by atoms with Crippen molar-refractivity contribution >= 4 is 21.6 Å². The molecule has 3 atom stereocenters. The normalized spacial score (nSPS) is 21.0. The smallest absolute Gasteiger partial charge is 0.199 e. The molecule has 5 heteroatoms. The second-order valence-electron chi connectivity index (χ2n) is 8.81. The van der Waals surface area contributed by atoms with Gasteiger partial charge in [0.2, 0.25) is 0 Å². The van der Waals surface area contributed by atoms with Crippen molar-refractivity contribution in [1.82, 2.24) is 0 Å². The van der Waals surface area contributed by atoms with Gasteiger partial charge in [0.15, 0.2) is 9.84 Å². The quantitative estimate of drug-likeness (QED) is 0.306. The minimum Gasteiger partial charge on any atom is -0.389 e. The number of benzene rings is 2. The van der Waals surface area contributed by atoms with Gasteiger partial charge in [-0.3, -0.25) is 0 Å². The van der Waals surface area contributed by atoms with Crippen molar-refractivity contribution in [3.63, 3.8) is 0 Å². The highest BCUT2D eigenvalue weighted by molar-refractivity contribution is 8.02. The van der Waals surface area contributed by atoms with Crippen LogP contribution in [0.2, 0.25) is 0 Å². The lowest BCUT2D eigenvalue weighted by molar-refractivity contribution is 0.148. The van der Waals surface area contributed by atoms with E-state index in [9.17, 15) is 13.5 Å². The summed E-state index contributed by atoms with van der Waals surface area (Å²) in [6, 6.07) is 17.1. The van der Waals surface area contributed by atoms with Crippen molar-refractivity contribution in [2.75, 3.05) is 0 Å². The summed E-state index contributed by atoms with van der Waals surface area (Å²) in [5.74, 6) is 0.772. The standard InChI is InChI=1S/C28H34O3S2/c1-22-14-16-27(17-15-22)33(30,31)20-18-25(29)21-24-10-6-7-13-28(24)23(2)9-8-19-32-26-11-4-3-5-12-26/h3-5,8-9,11-12,14-20,24-25,28-29H,6-7,10,13,21H2,1-2H3/b19-8+,20-18+,23-9+/t24-,25?,28-/m1/s1. The third-order valence-corrected chi connectivity index (χ3v) is 8.53. The van der Waals surface area contributed by atoms with E-state index in [0.717, 1.165) is 30.2 Å². The first-order valence-corrected chi connectivity index (χ1v) is 14.0. The molecule has 1 unspecified atom stereocenters. The Hall–Kier alpha value is -2.08. The maximum absolute atomic E-state index is 12.5. The van der Waals surface area contributed by atoms with Crippen LogP contribution in [0, 0.1) is 18.8 Å². The van der Waals surface area contributed by atoms with Crippen LogP contribution < -0.4 is 0 Å². The topological polar surface area (TPSA) is 54.4 Å². The molecule has 0 saturated heterocycles. The van der Waals surface area contributed by atoms with Crippen LogP contribution in [0.3, 0.4) is 0 Å². The summed E-state index contributed by atoms with van der Waals surface area (Å²) in [5.41, 5.74) is 2.34. The molecule has 0 aromatic heterocycles. The summed E-state index contributed by atoms with van der Waals surface area (Å²) in [7, 11) is -3.54. The first kappa shape index (κ1) is 25.5. The molecule has 3 nitrogen and oxygen atoms in total. The van der Waals surface area contributed by atoms with Gasteiger partial charge >= 0.3 is 0 Å². The average Bonchev–Trinajstić information content (AvgIpc) is 2.82. The van der Waals surface area contributed by atoms with E-state index < -0.39 is 15.9 Å². The van der Waals surface area contributed by atoms with E-state index in [-0.39, 0.29) is 4.90 Å². The molecular weight excluding hydrogens is 448 g/mol. The van der Waals surface area contributed by atoms with Crippen LogP contribution in [0.15, 0.2) is 99.0 Å². The monoisotopic (exact) mass is 482 g/mol. The van der Waals surface area contributed by atoms with Gasteiger partial charge in [-0.2, -0.15) is 0 Å². The molecule has 1 N–H and O–H groups in total. The van der Waals surface area contributed by atoms with Crippen LogP contribution in [0.5, 0.6) is 0 Å². The molecule has 1 fully saturated rings. The predicted octanol–water partition coefficient (Wildman–Crippen LogP) is 7.09. The molecule has 0 radical (unpaired) electrons. The summed E-state index contributed by atoms with van der Waals surface area (Å²) in [5, 5.41) is 13.9. The van der Waals surface area contributed by atoms with Gasteiger partial charge in [0, 0.05) is 10.3 Å². The van der Waals surface area contributed by atoms with E-state index in [1.54, 1.807) is 36.0 Å². The SMILES string of the molecule is C/C(=C\C=C\Sc1ccccc1)[C@H]1CCCC[C@@H]1CC(O)/C=C/S(=O)(=O)c1ccc(C)cc1. The number of sulfone groups is 1.